The Morgan fingerprint density at radius 3 is 2.39 bits per heavy atom. The molecule has 0 N–H and O–H groups in total. The molecule has 3 aromatic carbocycles. The van der Waals surface area contributed by atoms with Gasteiger partial charge in [-0.05, 0) is 23.3 Å². The van der Waals surface area contributed by atoms with Crippen LogP contribution in [0.25, 0.3) is 16.6 Å². The van der Waals surface area contributed by atoms with Crippen LogP contribution in [-0.4, -0.2) is 55.6 Å². The zero-order valence-corrected chi connectivity index (χ0v) is 19.7. The standard InChI is InChI=1S/C27H25N7O2/c35-34(36)22-10-6-9-21(17-22)19-31-13-15-32(16-14-31)27-28-24-12-5-4-11-23(24)26-30-29-25(33(26)27)18-20-7-2-1-3-8-20/h1-12,17H,13-16,18-19H2. The van der Waals surface area contributed by atoms with Crippen LogP contribution in [0.4, 0.5) is 11.6 Å². The van der Waals surface area contributed by atoms with Gasteiger partial charge in [0, 0.05) is 56.7 Å². The SMILES string of the molecule is O=[N+]([O-])c1cccc(CN2CCN(c3nc4ccccc4c4nnc(Cc5ccccc5)n34)CC2)c1. The molecule has 2 aromatic heterocycles. The molecule has 0 atom stereocenters. The van der Waals surface area contributed by atoms with Crippen molar-refractivity contribution in [2.24, 2.45) is 0 Å². The Hall–Kier alpha value is -4.37. The largest absolute Gasteiger partial charge is 0.339 e. The zero-order chi connectivity index (χ0) is 24.5. The summed E-state index contributed by atoms with van der Waals surface area (Å²) in [5, 5.41) is 21.3. The number of fused-ring (bicyclic) bond motifs is 3. The number of nitro groups is 1. The Bertz CT molecular complexity index is 1540. The third-order valence-electron chi connectivity index (χ3n) is 6.68. The van der Waals surface area contributed by atoms with Gasteiger partial charge in [-0.1, -0.05) is 54.6 Å². The number of non-ortho nitro benzene ring substituents is 1. The first-order chi connectivity index (χ1) is 17.7. The second-order valence-corrected chi connectivity index (χ2v) is 9.06. The molecule has 0 saturated carbocycles. The van der Waals surface area contributed by atoms with Gasteiger partial charge in [0.2, 0.25) is 5.95 Å². The Balaban J connectivity index is 1.29. The van der Waals surface area contributed by atoms with Crippen LogP contribution in [0, 0.1) is 10.1 Å². The first-order valence-electron chi connectivity index (χ1n) is 12.0. The number of hydrogen-bond donors (Lipinski definition) is 0. The topological polar surface area (TPSA) is 92.7 Å². The molecule has 6 rings (SSSR count). The predicted molar refractivity (Wildman–Crippen MR) is 138 cm³/mol. The van der Waals surface area contributed by atoms with Gasteiger partial charge >= 0.3 is 0 Å². The van der Waals surface area contributed by atoms with E-state index in [4.69, 9.17) is 4.98 Å². The third-order valence-corrected chi connectivity index (χ3v) is 6.68. The van der Waals surface area contributed by atoms with Gasteiger partial charge in [0.25, 0.3) is 5.69 Å². The maximum absolute atomic E-state index is 11.1. The van der Waals surface area contributed by atoms with Crippen molar-refractivity contribution < 1.29 is 4.92 Å². The summed E-state index contributed by atoms with van der Waals surface area (Å²) in [5.74, 6) is 1.72. The second-order valence-electron chi connectivity index (χ2n) is 9.06. The Morgan fingerprint density at radius 2 is 1.58 bits per heavy atom. The molecule has 0 unspecified atom stereocenters. The van der Waals surface area contributed by atoms with Crippen LogP contribution in [0.3, 0.4) is 0 Å². The van der Waals surface area contributed by atoms with E-state index in [2.05, 4.69) is 36.5 Å². The van der Waals surface area contributed by atoms with E-state index >= 15 is 0 Å². The Morgan fingerprint density at radius 1 is 0.833 bits per heavy atom. The van der Waals surface area contributed by atoms with E-state index in [-0.39, 0.29) is 10.6 Å². The first-order valence-corrected chi connectivity index (χ1v) is 12.0. The van der Waals surface area contributed by atoms with Crippen molar-refractivity contribution in [1.29, 1.82) is 0 Å². The van der Waals surface area contributed by atoms with Crippen LogP contribution in [0.15, 0.2) is 78.9 Å². The minimum Gasteiger partial charge on any atom is -0.339 e. The summed E-state index contributed by atoms with van der Waals surface area (Å²) in [6, 6.07) is 25.2. The van der Waals surface area contributed by atoms with Crippen LogP contribution >= 0.6 is 0 Å². The van der Waals surface area contributed by atoms with Gasteiger partial charge in [0.05, 0.1) is 10.4 Å². The highest BCUT2D eigenvalue weighted by atomic mass is 16.6. The van der Waals surface area contributed by atoms with E-state index < -0.39 is 0 Å². The van der Waals surface area contributed by atoms with Crippen LogP contribution in [0.2, 0.25) is 0 Å². The molecule has 180 valence electrons. The monoisotopic (exact) mass is 479 g/mol. The highest BCUT2D eigenvalue weighted by molar-refractivity contribution is 5.92. The quantitative estimate of drug-likeness (QED) is 0.267. The van der Waals surface area contributed by atoms with Crippen LogP contribution in [0.5, 0.6) is 0 Å². The molecule has 9 nitrogen and oxygen atoms in total. The average Bonchev–Trinajstić information content (AvgIpc) is 3.33. The number of para-hydroxylation sites is 1. The van der Waals surface area contributed by atoms with Gasteiger partial charge in [-0.25, -0.2) is 9.38 Å². The van der Waals surface area contributed by atoms with E-state index in [1.165, 1.54) is 11.6 Å². The van der Waals surface area contributed by atoms with Crippen molar-refractivity contribution in [2.75, 3.05) is 31.1 Å². The van der Waals surface area contributed by atoms with E-state index in [1.807, 2.05) is 48.5 Å². The van der Waals surface area contributed by atoms with Gasteiger partial charge in [0.15, 0.2) is 5.65 Å². The Kier molecular flexibility index (Phi) is 5.74. The molecule has 1 aliphatic rings. The number of aromatic nitrogens is 4. The van der Waals surface area contributed by atoms with Crippen molar-refractivity contribution in [2.45, 2.75) is 13.0 Å². The highest BCUT2D eigenvalue weighted by Gasteiger charge is 2.24. The molecule has 3 heterocycles. The second kappa shape index (κ2) is 9.35. The number of anilines is 1. The van der Waals surface area contributed by atoms with Crippen LogP contribution in [0.1, 0.15) is 17.0 Å². The number of rotatable bonds is 6. The molecule has 9 heteroatoms. The molecule has 36 heavy (non-hydrogen) atoms. The summed E-state index contributed by atoms with van der Waals surface area (Å²) < 4.78 is 2.10. The first kappa shape index (κ1) is 22.1. The van der Waals surface area contributed by atoms with Gasteiger partial charge in [-0.2, -0.15) is 0 Å². The van der Waals surface area contributed by atoms with Crippen molar-refractivity contribution >= 4 is 28.2 Å². The summed E-state index contributed by atoms with van der Waals surface area (Å²) in [6.45, 7) is 3.92. The number of nitro benzene ring substituents is 1. The fraction of sp³-hybridized carbons (Fsp3) is 0.222. The van der Waals surface area contributed by atoms with Crippen molar-refractivity contribution in [3.63, 3.8) is 0 Å². The molecular weight excluding hydrogens is 454 g/mol. The predicted octanol–water partition coefficient (Wildman–Crippen LogP) is 4.10. The molecule has 0 bridgehead atoms. The summed E-state index contributed by atoms with van der Waals surface area (Å²) in [7, 11) is 0. The molecule has 5 aromatic rings. The van der Waals surface area contributed by atoms with Gasteiger partial charge in [0.1, 0.15) is 5.82 Å². The van der Waals surface area contributed by atoms with E-state index in [0.29, 0.717) is 13.0 Å². The average molecular weight is 480 g/mol. The van der Waals surface area contributed by atoms with Crippen molar-refractivity contribution in [3.05, 3.63) is 106 Å². The van der Waals surface area contributed by atoms with Gasteiger partial charge < -0.3 is 4.90 Å². The lowest BCUT2D eigenvalue weighted by molar-refractivity contribution is -0.384. The smallest absolute Gasteiger partial charge is 0.269 e. The number of benzene rings is 3. The molecule has 1 fully saturated rings. The highest BCUT2D eigenvalue weighted by Crippen LogP contribution is 2.26. The minimum absolute atomic E-state index is 0.132. The fourth-order valence-corrected chi connectivity index (χ4v) is 4.86. The lowest BCUT2D eigenvalue weighted by Gasteiger charge is -2.35. The van der Waals surface area contributed by atoms with Crippen LogP contribution < -0.4 is 4.90 Å². The van der Waals surface area contributed by atoms with E-state index in [9.17, 15) is 10.1 Å². The molecule has 0 amide bonds. The lowest BCUT2D eigenvalue weighted by Crippen LogP contribution is -2.47. The molecule has 0 spiro atoms. The van der Waals surface area contributed by atoms with E-state index in [1.54, 1.807) is 12.1 Å². The van der Waals surface area contributed by atoms with Gasteiger partial charge in [-0.15, -0.1) is 10.2 Å². The third kappa shape index (κ3) is 4.25. The number of hydrogen-bond acceptors (Lipinski definition) is 7. The number of nitrogens with zero attached hydrogens (tertiary/aromatic N) is 7. The summed E-state index contributed by atoms with van der Waals surface area (Å²) >= 11 is 0. The van der Waals surface area contributed by atoms with Gasteiger partial charge in [-0.3, -0.25) is 15.0 Å². The minimum atomic E-state index is -0.343. The van der Waals surface area contributed by atoms with Crippen molar-refractivity contribution in [1.82, 2.24) is 24.5 Å². The summed E-state index contributed by atoms with van der Waals surface area (Å²) in [6.07, 6.45) is 0.668. The Labute approximate surface area is 207 Å². The van der Waals surface area contributed by atoms with Crippen LogP contribution in [-0.2, 0) is 13.0 Å². The lowest BCUT2D eigenvalue weighted by atomic mass is 10.1. The maximum Gasteiger partial charge on any atom is 0.269 e. The summed E-state index contributed by atoms with van der Waals surface area (Å²) in [5.41, 5.74) is 3.98. The molecule has 0 radical (unpaired) electrons. The zero-order valence-electron chi connectivity index (χ0n) is 19.7. The maximum atomic E-state index is 11.1. The molecule has 1 aliphatic heterocycles. The normalized spacial score (nSPS) is 14.5. The molecule has 0 aliphatic carbocycles. The van der Waals surface area contributed by atoms with E-state index in [0.717, 1.165) is 60.1 Å². The molecular formula is C27H25N7O2. The van der Waals surface area contributed by atoms with Crippen molar-refractivity contribution in [3.8, 4) is 0 Å². The summed E-state index contributed by atoms with van der Waals surface area (Å²) in [4.78, 5) is 20.5. The number of piperazine rings is 1. The fourth-order valence-electron chi connectivity index (χ4n) is 4.86. The molecule has 1 saturated heterocycles.